The summed E-state index contributed by atoms with van der Waals surface area (Å²) >= 11 is 1.68. The number of nitrogens with zero attached hydrogens (tertiary/aromatic N) is 1. The van der Waals surface area contributed by atoms with Gasteiger partial charge in [-0.15, -0.1) is 11.3 Å². The lowest BCUT2D eigenvalue weighted by Gasteiger charge is -2.27. The van der Waals surface area contributed by atoms with Gasteiger partial charge in [0.25, 0.3) is 0 Å². The van der Waals surface area contributed by atoms with Gasteiger partial charge in [-0.1, -0.05) is 24.3 Å². The third-order valence-electron chi connectivity index (χ3n) is 6.52. The second kappa shape index (κ2) is 10.0. The minimum Gasteiger partial charge on any atom is -0.493 e. The van der Waals surface area contributed by atoms with Crippen molar-refractivity contribution in [2.45, 2.75) is 45.1 Å². The number of pyridine rings is 1. The topological polar surface area (TPSA) is 65.5 Å². The zero-order valence-electron chi connectivity index (χ0n) is 19.9. The van der Waals surface area contributed by atoms with E-state index in [9.17, 15) is 9.59 Å². The van der Waals surface area contributed by atoms with E-state index in [2.05, 4.69) is 29.4 Å². The molecule has 0 saturated heterocycles. The highest BCUT2D eigenvalue weighted by molar-refractivity contribution is 7.18. The van der Waals surface area contributed by atoms with Crippen LogP contribution in [0.15, 0.2) is 60.0 Å². The molecular weight excluding hydrogens is 458 g/mol. The summed E-state index contributed by atoms with van der Waals surface area (Å²) in [6.45, 7) is 2.09. The smallest absolute Gasteiger partial charge is 0.181 e. The summed E-state index contributed by atoms with van der Waals surface area (Å²) in [6.07, 6.45) is 3.70. The lowest BCUT2D eigenvalue weighted by atomic mass is 9.96. The first-order valence-corrected chi connectivity index (χ1v) is 12.8. The van der Waals surface area contributed by atoms with E-state index in [1.54, 1.807) is 42.7 Å². The Morgan fingerprint density at radius 3 is 2.57 bits per heavy atom. The number of hydrogen-bond donors (Lipinski definition) is 0. The minimum atomic E-state index is -0.146. The molecule has 1 fully saturated rings. The Kier molecular flexibility index (Phi) is 6.64. The van der Waals surface area contributed by atoms with Crippen LogP contribution < -0.4 is 9.47 Å². The summed E-state index contributed by atoms with van der Waals surface area (Å²) < 4.78 is 12.6. The van der Waals surface area contributed by atoms with Crippen molar-refractivity contribution in [2.75, 3.05) is 7.11 Å². The first kappa shape index (κ1) is 23.2. The molecule has 1 saturated carbocycles. The van der Waals surface area contributed by atoms with Crippen molar-refractivity contribution >= 4 is 33.0 Å². The molecule has 0 aliphatic heterocycles. The van der Waals surface area contributed by atoms with Crippen LogP contribution in [0.1, 0.15) is 58.5 Å². The summed E-state index contributed by atoms with van der Waals surface area (Å²) in [5, 5.41) is 3.23. The number of rotatable bonds is 9. The Balaban J connectivity index is 1.27. The molecule has 178 valence electrons. The van der Waals surface area contributed by atoms with E-state index in [0.717, 1.165) is 29.5 Å². The summed E-state index contributed by atoms with van der Waals surface area (Å²) in [4.78, 5) is 30.4. The van der Waals surface area contributed by atoms with Gasteiger partial charge in [0.15, 0.2) is 23.1 Å². The number of carbonyl (C=O) groups is 2. The van der Waals surface area contributed by atoms with Crippen molar-refractivity contribution in [1.82, 2.24) is 4.98 Å². The lowest BCUT2D eigenvalue weighted by Crippen LogP contribution is -2.24. The highest BCUT2D eigenvalue weighted by atomic mass is 32.1. The number of hydrogen-bond acceptors (Lipinski definition) is 6. The van der Waals surface area contributed by atoms with E-state index in [4.69, 9.17) is 9.47 Å². The molecule has 0 amide bonds. The molecule has 0 bridgehead atoms. The van der Waals surface area contributed by atoms with Crippen LogP contribution in [0.4, 0.5) is 0 Å². The van der Waals surface area contributed by atoms with Gasteiger partial charge in [-0.25, -0.2) is 4.98 Å². The van der Waals surface area contributed by atoms with Crippen molar-refractivity contribution in [3.63, 3.8) is 0 Å². The van der Waals surface area contributed by atoms with Gasteiger partial charge in [-0.05, 0) is 62.1 Å². The van der Waals surface area contributed by atoms with Crippen molar-refractivity contribution in [3.05, 3.63) is 76.8 Å². The molecular formula is C29H27NO4S. The van der Waals surface area contributed by atoms with Gasteiger partial charge >= 0.3 is 0 Å². The normalized spacial score (nSPS) is 13.4. The van der Waals surface area contributed by atoms with Crippen molar-refractivity contribution < 1.29 is 19.1 Å². The Hall–Kier alpha value is -3.51. The SMILES string of the molecule is COc1cc(C(=O)CCC(=O)c2cccc(-c3csc4c(C)cccc34)n2)ccc1OC1CCC1. The van der Waals surface area contributed by atoms with Crippen LogP contribution in [0.3, 0.4) is 0 Å². The quantitative estimate of drug-likeness (QED) is 0.238. The first-order chi connectivity index (χ1) is 17.0. The van der Waals surface area contributed by atoms with Gasteiger partial charge in [0.05, 0.1) is 18.9 Å². The largest absolute Gasteiger partial charge is 0.493 e. The maximum absolute atomic E-state index is 12.9. The maximum Gasteiger partial charge on any atom is 0.181 e. The summed E-state index contributed by atoms with van der Waals surface area (Å²) in [5.74, 6) is 0.943. The van der Waals surface area contributed by atoms with Gasteiger partial charge in [0.2, 0.25) is 0 Å². The highest BCUT2D eigenvalue weighted by Crippen LogP contribution is 2.35. The van der Waals surface area contributed by atoms with Gasteiger partial charge in [0, 0.05) is 39.4 Å². The number of benzene rings is 2. The standard InChI is InChI=1S/C29H27NO4S/c1-18-6-3-9-21-22(17-35-29(18)21)23-10-5-11-24(30-23)26(32)14-13-25(31)19-12-15-27(28(16-19)33-2)34-20-7-4-8-20/h3,5-6,9-12,15-17,20H,4,7-8,13-14H2,1-2H3. The summed E-state index contributed by atoms with van der Waals surface area (Å²) in [6, 6.07) is 16.9. The number of ketones is 2. The van der Waals surface area contributed by atoms with E-state index in [-0.39, 0.29) is 30.5 Å². The highest BCUT2D eigenvalue weighted by Gasteiger charge is 2.22. The van der Waals surface area contributed by atoms with Gasteiger partial charge in [0.1, 0.15) is 5.69 Å². The number of ether oxygens (including phenoxy) is 2. The average Bonchev–Trinajstić information content (AvgIpc) is 3.30. The molecule has 4 aromatic rings. The van der Waals surface area contributed by atoms with Crippen LogP contribution in [-0.4, -0.2) is 29.8 Å². The molecule has 35 heavy (non-hydrogen) atoms. The molecule has 0 unspecified atom stereocenters. The third-order valence-corrected chi connectivity index (χ3v) is 7.65. The molecule has 0 spiro atoms. The fourth-order valence-electron chi connectivity index (χ4n) is 4.25. The van der Waals surface area contributed by atoms with Crippen LogP contribution in [0.5, 0.6) is 11.5 Å². The molecule has 6 heteroatoms. The minimum absolute atomic E-state index is 0.0986. The predicted octanol–water partition coefficient (Wildman–Crippen LogP) is 7.06. The van der Waals surface area contributed by atoms with Crippen LogP contribution in [0.25, 0.3) is 21.3 Å². The number of methoxy groups -OCH3 is 1. The number of fused-ring (bicyclic) bond motifs is 1. The Bertz CT molecular complexity index is 1400. The number of Topliss-reactive ketones (excluding diaryl/α,β-unsaturated/α-hetero) is 2. The van der Waals surface area contributed by atoms with Crippen molar-refractivity contribution in [2.24, 2.45) is 0 Å². The second-order valence-corrected chi connectivity index (χ2v) is 9.77. The second-order valence-electron chi connectivity index (χ2n) is 8.89. The molecule has 0 radical (unpaired) electrons. The maximum atomic E-state index is 12.9. The van der Waals surface area contributed by atoms with E-state index in [1.165, 1.54) is 16.7 Å². The Labute approximate surface area is 208 Å². The number of aromatic nitrogens is 1. The van der Waals surface area contributed by atoms with Crippen LogP contribution in [0, 0.1) is 6.92 Å². The fraction of sp³-hybridized carbons (Fsp3) is 0.276. The van der Waals surface area contributed by atoms with E-state index in [1.807, 2.05) is 18.2 Å². The van der Waals surface area contributed by atoms with Gasteiger partial charge in [-0.3, -0.25) is 9.59 Å². The third kappa shape index (κ3) is 4.84. The summed E-state index contributed by atoms with van der Waals surface area (Å²) in [5.41, 5.74) is 3.91. The van der Waals surface area contributed by atoms with E-state index in [0.29, 0.717) is 22.8 Å². The van der Waals surface area contributed by atoms with E-state index >= 15 is 0 Å². The Morgan fingerprint density at radius 2 is 1.80 bits per heavy atom. The molecule has 0 atom stereocenters. The molecule has 2 heterocycles. The predicted molar refractivity (Wildman–Crippen MR) is 139 cm³/mol. The monoisotopic (exact) mass is 485 g/mol. The average molecular weight is 486 g/mol. The zero-order valence-corrected chi connectivity index (χ0v) is 20.7. The lowest BCUT2D eigenvalue weighted by molar-refractivity contribution is 0.0914. The number of aryl methyl sites for hydroxylation is 1. The van der Waals surface area contributed by atoms with E-state index < -0.39 is 0 Å². The van der Waals surface area contributed by atoms with Crippen molar-refractivity contribution in [1.29, 1.82) is 0 Å². The molecule has 1 aliphatic rings. The molecule has 5 nitrogen and oxygen atoms in total. The van der Waals surface area contributed by atoms with Gasteiger partial charge in [-0.2, -0.15) is 0 Å². The molecule has 0 N–H and O–H groups in total. The fourth-order valence-corrected chi connectivity index (χ4v) is 5.29. The molecule has 2 aromatic carbocycles. The van der Waals surface area contributed by atoms with Crippen LogP contribution >= 0.6 is 11.3 Å². The van der Waals surface area contributed by atoms with Crippen LogP contribution in [-0.2, 0) is 0 Å². The first-order valence-electron chi connectivity index (χ1n) is 11.9. The van der Waals surface area contributed by atoms with Crippen LogP contribution in [0.2, 0.25) is 0 Å². The molecule has 1 aliphatic carbocycles. The Morgan fingerprint density at radius 1 is 1.00 bits per heavy atom. The summed E-state index contributed by atoms with van der Waals surface area (Å²) in [7, 11) is 1.57. The molecule has 2 aromatic heterocycles. The number of thiophene rings is 1. The van der Waals surface area contributed by atoms with Crippen molar-refractivity contribution in [3.8, 4) is 22.8 Å². The molecule has 5 rings (SSSR count). The number of carbonyl (C=O) groups excluding carboxylic acids is 2. The zero-order chi connectivity index (χ0) is 24.4. The van der Waals surface area contributed by atoms with Gasteiger partial charge < -0.3 is 9.47 Å².